The van der Waals surface area contributed by atoms with Crippen LogP contribution in [-0.2, 0) is 0 Å². The fraction of sp³-hybridized carbons (Fsp3) is 0.385. The maximum atomic E-state index is 13.1. The highest BCUT2D eigenvalue weighted by Gasteiger charge is 2.25. The van der Waals surface area contributed by atoms with Gasteiger partial charge in [-0.25, -0.2) is 8.78 Å². The van der Waals surface area contributed by atoms with Gasteiger partial charge in [0.1, 0.15) is 11.6 Å². The zero-order chi connectivity index (χ0) is 14.0. The van der Waals surface area contributed by atoms with Crippen LogP contribution in [0.3, 0.4) is 0 Å². The minimum Gasteiger partial charge on any atom is -0.393 e. The molecule has 1 aliphatic rings. The SMILES string of the molecule is NC(=S)C1CCN(C(=O)c2cc(F)cc(F)c2)CC1. The van der Waals surface area contributed by atoms with E-state index in [2.05, 4.69) is 0 Å². The first-order valence-electron chi connectivity index (χ1n) is 6.02. The van der Waals surface area contributed by atoms with Gasteiger partial charge in [-0.2, -0.15) is 0 Å². The van der Waals surface area contributed by atoms with E-state index in [-0.39, 0.29) is 17.4 Å². The molecule has 0 bridgehead atoms. The minimum absolute atomic E-state index is 0.0336. The Morgan fingerprint density at radius 3 is 2.21 bits per heavy atom. The van der Waals surface area contributed by atoms with Gasteiger partial charge in [-0.15, -0.1) is 0 Å². The molecular weight excluding hydrogens is 270 g/mol. The zero-order valence-electron chi connectivity index (χ0n) is 10.2. The van der Waals surface area contributed by atoms with Gasteiger partial charge in [0.15, 0.2) is 0 Å². The number of benzene rings is 1. The normalized spacial score (nSPS) is 16.4. The fourth-order valence-corrected chi connectivity index (χ4v) is 2.46. The fourth-order valence-electron chi connectivity index (χ4n) is 2.23. The van der Waals surface area contributed by atoms with Crippen LogP contribution in [0.2, 0.25) is 0 Å². The number of thiocarbonyl (C=S) groups is 1. The average molecular weight is 284 g/mol. The third-order valence-electron chi connectivity index (χ3n) is 3.29. The van der Waals surface area contributed by atoms with Gasteiger partial charge in [-0.05, 0) is 25.0 Å². The number of hydrogen-bond acceptors (Lipinski definition) is 2. The molecule has 102 valence electrons. The first kappa shape index (κ1) is 13.9. The molecule has 19 heavy (non-hydrogen) atoms. The van der Waals surface area contributed by atoms with Gasteiger partial charge in [0.05, 0.1) is 4.99 Å². The number of carbonyl (C=O) groups excluding carboxylic acids is 1. The molecule has 1 aliphatic heterocycles. The second-order valence-electron chi connectivity index (χ2n) is 4.63. The molecule has 2 N–H and O–H groups in total. The number of likely N-dealkylation sites (tertiary alicyclic amines) is 1. The van der Waals surface area contributed by atoms with Crippen molar-refractivity contribution in [1.29, 1.82) is 0 Å². The smallest absolute Gasteiger partial charge is 0.254 e. The van der Waals surface area contributed by atoms with Crippen LogP contribution in [0, 0.1) is 17.6 Å². The Balaban J connectivity index is 2.07. The van der Waals surface area contributed by atoms with E-state index in [4.69, 9.17) is 18.0 Å². The van der Waals surface area contributed by atoms with E-state index in [1.54, 1.807) is 4.90 Å². The summed E-state index contributed by atoms with van der Waals surface area (Å²) in [5.41, 5.74) is 5.60. The van der Waals surface area contributed by atoms with Crippen LogP contribution >= 0.6 is 12.2 Å². The van der Waals surface area contributed by atoms with E-state index in [0.717, 1.165) is 18.2 Å². The van der Waals surface area contributed by atoms with Gasteiger partial charge in [-0.1, -0.05) is 12.2 Å². The van der Waals surface area contributed by atoms with Crippen molar-refractivity contribution in [2.45, 2.75) is 12.8 Å². The van der Waals surface area contributed by atoms with Gasteiger partial charge >= 0.3 is 0 Å². The zero-order valence-corrected chi connectivity index (χ0v) is 11.1. The van der Waals surface area contributed by atoms with Crippen molar-refractivity contribution in [2.75, 3.05) is 13.1 Å². The van der Waals surface area contributed by atoms with E-state index in [1.807, 2.05) is 0 Å². The Bertz CT molecular complexity index is 493. The van der Waals surface area contributed by atoms with E-state index < -0.39 is 11.6 Å². The third kappa shape index (κ3) is 3.26. The Hall–Kier alpha value is -1.56. The molecule has 0 aliphatic carbocycles. The maximum Gasteiger partial charge on any atom is 0.254 e. The van der Waals surface area contributed by atoms with Gasteiger partial charge in [0.25, 0.3) is 5.91 Å². The van der Waals surface area contributed by atoms with Crippen LogP contribution in [-0.4, -0.2) is 28.9 Å². The second kappa shape index (κ2) is 5.61. The number of hydrogen-bond donors (Lipinski definition) is 1. The molecule has 0 saturated carbocycles. The van der Waals surface area contributed by atoms with Crippen molar-refractivity contribution in [2.24, 2.45) is 11.7 Å². The van der Waals surface area contributed by atoms with Crippen molar-refractivity contribution in [3.8, 4) is 0 Å². The summed E-state index contributed by atoms with van der Waals surface area (Å²) in [6.45, 7) is 0.998. The van der Waals surface area contributed by atoms with E-state index in [0.29, 0.717) is 30.9 Å². The number of carbonyl (C=O) groups is 1. The van der Waals surface area contributed by atoms with Gasteiger partial charge in [-0.3, -0.25) is 4.79 Å². The Morgan fingerprint density at radius 2 is 1.74 bits per heavy atom. The van der Waals surface area contributed by atoms with E-state index in [9.17, 15) is 13.6 Å². The maximum absolute atomic E-state index is 13.1. The number of rotatable bonds is 2. The van der Waals surface area contributed by atoms with Crippen molar-refractivity contribution < 1.29 is 13.6 Å². The molecule has 2 rings (SSSR count). The summed E-state index contributed by atoms with van der Waals surface area (Å²) in [7, 11) is 0. The Kier molecular flexibility index (Phi) is 4.09. The van der Waals surface area contributed by atoms with E-state index in [1.165, 1.54) is 0 Å². The van der Waals surface area contributed by atoms with Crippen LogP contribution in [0.1, 0.15) is 23.2 Å². The summed E-state index contributed by atoms with van der Waals surface area (Å²) in [6, 6.07) is 2.84. The summed E-state index contributed by atoms with van der Waals surface area (Å²) in [5, 5.41) is 0. The first-order valence-corrected chi connectivity index (χ1v) is 6.43. The second-order valence-corrected chi connectivity index (χ2v) is 5.10. The molecule has 0 radical (unpaired) electrons. The molecule has 1 fully saturated rings. The summed E-state index contributed by atoms with van der Waals surface area (Å²) in [4.78, 5) is 14.1. The molecule has 6 heteroatoms. The lowest BCUT2D eigenvalue weighted by molar-refractivity contribution is 0.0709. The quantitative estimate of drug-likeness (QED) is 0.846. The van der Waals surface area contributed by atoms with Gasteiger partial charge in [0.2, 0.25) is 0 Å². The highest BCUT2D eigenvalue weighted by atomic mass is 32.1. The number of nitrogens with zero attached hydrogens (tertiary/aromatic N) is 1. The Labute approximate surface area is 115 Å². The first-order chi connectivity index (χ1) is 8.97. The lowest BCUT2D eigenvalue weighted by atomic mass is 9.96. The van der Waals surface area contributed by atoms with Crippen LogP contribution in [0.5, 0.6) is 0 Å². The molecule has 1 aromatic carbocycles. The van der Waals surface area contributed by atoms with Crippen molar-refractivity contribution in [1.82, 2.24) is 4.90 Å². The number of halogens is 2. The largest absolute Gasteiger partial charge is 0.393 e. The lowest BCUT2D eigenvalue weighted by Crippen LogP contribution is -2.41. The number of piperidine rings is 1. The molecule has 0 spiro atoms. The predicted octanol–water partition coefficient (Wildman–Crippen LogP) is 2.10. The molecule has 0 atom stereocenters. The lowest BCUT2D eigenvalue weighted by Gasteiger charge is -2.31. The molecule has 1 heterocycles. The van der Waals surface area contributed by atoms with Crippen LogP contribution in [0.15, 0.2) is 18.2 Å². The molecule has 0 unspecified atom stereocenters. The predicted molar refractivity (Wildman–Crippen MR) is 71.8 cm³/mol. The van der Waals surface area contributed by atoms with Gasteiger partial charge in [0, 0.05) is 30.6 Å². The van der Waals surface area contributed by atoms with Crippen molar-refractivity contribution >= 4 is 23.1 Å². The van der Waals surface area contributed by atoms with Crippen LogP contribution in [0.25, 0.3) is 0 Å². The topological polar surface area (TPSA) is 46.3 Å². The van der Waals surface area contributed by atoms with Crippen molar-refractivity contribution in [3.05, 3.63) is 35.4 Å². The summed E-state index contributed by atoms with van der Waals surface area (Å²) >= 11 is 4.92. The molecule has 0 aromatic heterocycles. The number of amides is 1. The number of nitrogens with two attached hydrogens (primary N) is 1. The van der Waals surface area contributed by atoms with E-state index >= 15 is 0 Å². The minimum atomic E-state index is -0.749. The summed E-state index contributed by atoms with van der Waals surface area (Å²) in [6.07, 6.45) is 1.39. The van der Waals surface area contributed by atoms with Gasteiger partial charge < -0.3 is 10.6 Å². The molecule has 1 aromatic rings. The van der Waals surface area contributed by atoms with Crippen molar-refractivity contribution in [3.63, 3.8) is 0 Å². The molecule has 3 nitrogen and oxygen atoms in total. The standard InChI is InChI=1S/C13H14F2N2OS/c14-10-5-9(6-11(15)7-10)13(18)17-3-1-8(2-4-17)12(16)19/h5-8H,1-4H2,(H2,16,19). The average Bonchev–Trinajstić information content (AvgIpc) is 2.37. The summed E-state index contributed by atoms with van der Waals surface area (Å²) in [5.74, 6) is -1.72. The van der Waals surface area contributed by atoms with Crippen LogP contribution in [0.4, 0.5) is 8.78 Å². The third-order valence-corrected chi connectivity index (χ3v) is 3.63. The van der Waals surface area contributed by atoms with Crippen LogP contribution < -0.4 is 5.73 Å². The highest BCUT2D eigenvalue weighted by Crippen LogP contribution is 2.20. The highest BCUT2D eigenvalue weighted by molar-refractivity contribution is 7.80. The molecule has 1 saturated heterocycles. The Morgan fingerprint density at radius 1 is 1.21 bits per heavy atom. The summed E-state index contributed by atoms with van der Waals surface area (Å²) < 4.78 is 26.2. The monoisotopic (exact) mass is 284 g/mol. The molecular formula is C13H14F2N2OS. The molecule has 1 amide bonds.